The number of hydrogen-bond donors (Lipinski definition) is 2. The van der Waals surface area contributed by atoms with Crippen molar-refractivity contribution >= 4 is 11.9 Å². The Hall–Kier alpha value is -1.14. The van der Waals surface area contributed by atoms with E-state index in [2.05, 4.69) is 5.32 Å². The van der Waals surface area contributed by atoms with Gasteiger partial charge < -0.3 is 19.9 Å². The number of carbonyl (C=O) groups is 2. The average molecular weight is 287 g/mol. The van der Waals surface area contributed by atoms with Crippen molar-refractivity contribution in [3.63, 3.8) is 0 Å². The highest BCUT2D eigenvalue weighted by atomic mass is 16.5. The van der Waals surface area contributed by atoms with Crippen molar-refractivity contribution in [2.45, 2.75) is 39.0 Å². The third kappa shape index (κ3) is 5.46. The van der Waals surface area contributed by atoms with Gasteiger partial charge in [-0.05, 0) is 26.2 Å². The second kappa shape index (κ2) is 8.92. The smallest absolute Gasteiger partial charge is 0.329 e. The number of carbonyl (C=O) groups excluding carboxylic acids is 1. The van der Waals surface area contributed by atoms with E-state index in [0.29, 0.717) is 19.8 Å². The van der Waals surface area contributed by atoms with Gasteiger partial charge in [0.1, 0.15) is 6.61 Å². The molecular formula is C14H25NO5. The summed E-state index contributed by atoms with van der Waals surface area (Å²) in [6.07, 6.45) is 4.72. The lowest BCUT2D eigenvalue weighted by Gasteiger charge is -2.27. The van der Waals surface area contributed by atoms with Gasteiger partial charge in [-0.3, -0.25) is 4.79 Å². The summed E-state index contributed by atoms with van der Waals surface area (Å²) in [4.78, 5) is 22.6. The predicted molar refractivity (Wildman–Crippen MR) is 73.5 cm³/mol. The lowest BCUT2D eigenvalue weighted by atomic mass is 9.82. The predicted octanol–water partition coefficient (Wildman–Crippen LogP) is 1.19. The summed E-state index contributed by atoms with van der Waals surface area (Å²) in [6.45, 7) is 3.47. The van der Waals surface area contributed by atoms with Gasteiger partial charge in [0, 0.05) is 19.8 Å². The van der Waals surface area contributed by atoms with Crippen LogP contribution in [0.15, 0.2) is 0 Å². The van der Waals surface area contributed by atoms with Gasteiger partial charge >= 0.3 is 5.97 Å². The molecule has 0 aliphatic heterocycles. The lowest BCUT2D eigenvalue weighted by Crippen LogP contribution is -2.41. The Morgan fingerprint density at radius 1 is 1.20 bits per heavy atom. The minimum Gasteiger partial charge on any atom is -0.480 e. The Kier molecular flexibility index (Phi) is 7.54. The summed E-state index contributed by atoms with van der Waals surface area (Å²) in [5, 5.41) is 11.3. The highest BCUT2D eigenvalue weighted by Gasteiger charge is 2.40. The molecule has 1 rings (SSSR count). The molecule has 1 aliphatic rings. The molecule has 0 aromatic heterocycles. The first-order valence-corrected chi connectivity index (χ1v) is 7.26. The molecule has 116 valence electrons. The zero-order chi connectivity index (χ0) is 14.8. The lowest BCUT2D eigenvalue weighted by molar-refractivity contribution is -0.142. The van der Waals surface area contributed by atoms with Crippen LogP contribution in [0.1, 0.15) is 39.0 Å². The number of carboxylic acid groups (broad SMARTS) is 1. The Bertz CT molecular complexity index is 313. The topological polar surface area (TPSA) is 84.9 Å². The van der Waals surface area contributed by atoms with Crippen molar-refractivity contribution in [1.82, 2.24) is 5.32 Å². The number of rotatable bonds is 10. The monoisotopic (exact) mass is 287 g/mol. The van der Waals surface area contributed by atoms with Crippen LogP contribution in [0.4, 0.5) is 0 Å². The Labute approximate surface area is 119 Å². The summed E-state index contributed by atoms with van der Waals surface area (Å²) < 4.78 is 10.3. The van der Waals surface area contributed by atoms with Crippen molar-refractivity contribution in [3.8, 4) is 0 Å². The number of nitrogens with one attached hydrogen (secondary N) is 1. The first-order chi connectivity index (χ1) is 9.60. The molecule has 6 nitrogen and oxygen atoms in total. The van der Waals surface area contributed by atoms with E-state index in [1.165, 1.54) is 0 Å². The Balaban J connectivity index is 2.31. The molecule has 0 spiro atoms. The molecule has 1 saturated carbocycles. The zero-order valence-electron chi connectivity index (χ0n) is 12.2. The molecule has 2 N–H and O–H groups in total. The third-order valence-electron chi connectivity index (χ3n) is 3.73. The van der Waals surface area contributed by atoms with Gasteiger partial charge in [-0.25, -0.2) is 4.79 Å². The largest absolute Gasteiger partial charge is 0.480 e. The van der Waals surface area contributed by atoms with Crippen LogP contribution in [0.5, 0.6) is 0 Å². The summed E-state index contributed by atoms with van der Waals surface area (Å²) >= 11 is 0. The molecule has 1 fully saturated rings. The second-order valence-electron chi connectivity index (χ2n) is 5.14. The average Bonchev–Trinajstić information content (AvgIpc) is 2.88. The SMILES string of the molecule is CCOCCC1(C(=O)NCCOCC(=O)O)CCCC1. The van der Waals surface area contributed by atoms with E-state index in [1.54, 1.807) is 0 Å². The van der Waals surface area contributed by atoms with Crippen LogP contribution in [0.25, 0.3) is 0 Å². The van der Waals surface area contributed by atoms with Gasteiger partial charge in [-0.1, -0.05) is 12.8 Å². The van der Waals surface area contributed by atoms with E-state index in [9.17, 15) is 9.59 Å². The highest BCUT2D eigenvalue weighted by Crippen LogP contribution is 2.41. The summed E-state index contributed by atoms with van der Waals surface area (Å²) in [5.41, 5.74) is -0.304. The van der Waals surface area contributed by atoms with Gasteiger partial charge in [0.2, 0.25) is 5.91 Å². The highest BCUT2D eigenvalue weighted by molar-refractivity contribution is 5.82. The normalized spacial score (nSPS) is 17.1. The molecular weight excluding hydrogens is 262 g/mol. The molecule has 20 heavy (non-hydrogen) atoms. The van der Waals surface area contributed by atoms with E-state index in [4.69, 9.17) is 14.6 Å². The minimum atomic E-state index is -1.000. The van der Waals surface area contributed by atoms with Gasteiger partial charge in [0.15, 0.2) is 0 Å². The van der Waals surface area contributed by atoms with E-state index in [0.717, 1.165) is 32.1 Å². The quantitative estimate of drug-likeness (QED) is 0.590. The van der Waals surface area contributed by atoms with Crippen molar-refractivity contribution in [2.75, 3.05) is 33.0 Å². The zero-order valence-corrected chi connectivity index (χ0v) is 12.2. The maximum Gasteiger partial charge on any atom is 0.329 e. The van der Waals surface area contributed by atoms with Crippen LogP contribution >= 0.6 is 0 Å². The number of carboxylic acids is 1. The molecule has 1 aliphatic carbocycles. The molecule has 0 aromatic carbocycles. The van der Waals surface area contributed by atoms with Gasteiger partial charge in [0.25, 0.3) is 0 Å². The first kappa shape index (κ1) is 16.9. The van der Waals surface area contributed by atoms with Crippen LogP contribution in [0, 0.1) is 5.41 Å². The Morgan fingerprint density at radius 3 is 2.50 bits per heavy atom. The van der Waals surface area contributed by atoms with E-state index in [1.807, 2.05) is 6.92 Å². The fourth-order valence-corrected chi connectivity index (χ4v) is 2.64. The third-order valence-corrected chi connectivity index (χ3v) is 3.73. The van der Waals surface area contributed by atoms with E-state index in [-0.39, 0.29) is 24.5 Å². The summed E-state index contributed by atoms with van der Waals surface area (Å²) in [7, 11) is 0. The van der Waals surface area contributed by atoms with Gasteiger partial charge in [-0.15, -0.1) is 0 Å². The Morgan fingerprint density at radius 2 is 1.90 bits per heavy atom. The van der Waals surface area contributed by atoms with Crippen LogP contribution in [-0.4, -0.2) is 50.0 Å². The number of aliphatic carboxylic acids is 1. The molecule has 6 heteroatoms. The maximum absolute atomic E-state index is 12.3. The molecule has 0 atom stereocenters. The summed E-state index contributed by atoms with van der Waals surface area (Å²) in [5.74, 6) is -0.950. The second-order valence-corrected chi connectivity index (χ2v) is 5.14. The van der Waals surface area contributed by atoms with Crippen molar-refractivity contribution in [3.05, 3.63) is 0 Å². The van der Waals surface area contributed by atoms with E-state index < -0.39 is 5.97 Å². The molecule has 1 amide bonds. The molecule has 0 saturated heterocycles. The molecule has 0 heterocycles. The maximum atomic E-state index is 12.3. The molecule has 0 aromatic rings. The summed E-state index contributed by atoms with van der Waals surface area (Å²) in [6, 6.07) is 0. The molecule has 0 bridgehead atoms. The number of hydrogen-bond acceptors (Lipinski definition) is 4. The standard InChI is InChI=1S/C14H25NO5/c1-2-19-9-7-14(5-3-4-6-14)13(18)15-8-10-20-11-12(16)17/h2-11H2,1H3,(H,15,18)(H,16,17). The molecule has 0 radical (unpaired) electrons. The van der Waals surface area contributed by atoms with Crippen molar-refractivity contribution in [2.24, 2.45) is 5.41 Å². The van der Waals surface area contributed by atoms with Crippen LogP contribution in [0.2, 0.25) is 0 Å². The van der Waals surface area contributed by atoms with E-state index >= 15 is 0 Å². The van der Waals surface area contributed by atoms with Crippen molar-refractivity contribution in [1.29, 1.82) is 0 Å². The number of amides is 1. The van der Waals surface area contributed by atoms with Crippen LogP contribution in [-0.2, 0) is 19.1 Å². The van der Waals surface area contributed by atoms with Crippen LogP contribution < -0.4 is 5.32 Å². The van der Waals surface area contributed by atoms with Crippen molar-refractivity contribution < 1.29 is 24.2 Å². The fourth-order valence-electron chi connectivity index (χ4n) is 2.64. The van der Waals surface area contributed by atoms with Gasteiger partial charge in [-0.2, -0.15) is 0 Å². The molecule has 0 unspecified atom stereocenters. The fraction of sp³-hybridized carbons (Fsp3) is 0.857. The van der Waals surface area contributed by atoms with Gasteiger partial charge in [0.05, 0.1) is 12.0 Å². The van der Waals surface area contributed by atoms with Crippen LogP contribution in [0.3, 0.4) is 0 Å². The first-order valence-electron chi connectivity index (χ1n) is 7.26. The number of ether oxygens (including phenoxy) is 2. The minimum absolute atomic E-state index is 0.0497.